The maximum atomic E-state index is 10.7. The van der Waals surface area contributed by atoms with Gasteiger partial charge in [-0.2, -0.15) is 0 Å². The Morgan fingerprint density at radius 1 is 1.38 bits per heavy atom. The predicted molar refractivity (Wildman–Crippen MR) is 64.2 cm³/mol. The average molecular weight is 221 g/mol. The van der Waals surface area contributed by atoms with E-state index in [9.17, 15) is 4.79 Å². The summed E-state index contributed by atoms with van der Waals surface area (Å²) in [5.74, 6) is -0.737. The van der Waals surface area contributed by atoms with Crippen LogP contribution in [0.2, 0.25) is 0 Å². The first kappa shape index (κ1) is 12.7. The second-order valence-electron chi connectivity index (χ2n) is 3.95. The van der Waals surface area contributed by atoms with Crippen LogP contribution in [0.15, 0.2) is 30.3 Å². The SMILES string of the molecule is CCCC(CC(=O)O)NCc1ccccc1. The molecule has 0 aliphatic heterocycles. The molecule has 1 aromatic rings. The molecule has 0 bridgehead atoms. The molecule has 0 aliphatic carbocycles. The molecule has 2 N–H and O–H groups in total. The van der Waals surface area contributed by atoms with Crippen LogP contribution in [-0.4, -0.2) is 17.1 Å². The molecule has 1 unspecified atom stereocenters. The first-order valence-electron chi connectivity index (χ1n) is 5.71. The molecule has 0 fully saturated rings. The zero-order chi connectivity index (χ0) is 11.8. The molecule has 0 heterocycles. The first-order chi connectivity index (χ1) is 7.72. The van der Waals surface area contributed by atoms with E-state index in [2.05, 4.69) is 12.2 Å². The van der Waals surface area contributed by atoms with Crippen molar-refractivity contribution in [3.05, 3.63) is 35.9 Å². The van der Waals surface area contributed by atoms with Gasteiger partial charge in [0, 0.05) is 12.6 Å². The number of benzene rings is 1. The Balaban J connectivity index is 2.40. The summed E-state index contributed by atoms with van der Waals surface area (Å²) >= 11 is 0. The molecule has 1 atom stereocenters. The van der Waals surface area contributed by atoms with Crippen LogP contribution < -0.4 is 5.32 Å². The van der Waals surface area contributed by atoms with E-state index in [1.165, 1.54) is 5.56 Å². The van der Waals surface area contributed by atoms with Crippen LogP contribution in [0.5, 0.6) is 0 Å². The van der Waals surface area contributed by atoms with Gasteiger partial charge in [-0.25, -0.2) is 0 Å². The van der Waals surface area contributed by atoms with Crippen LogP contribution >= 0.6 is 0 Å². The standard InChI is InChI=1S/C13H19NO2/c1-2-6-12(9-13(15)16)14-10-11-7-4-3-5-8-11/h3-5,7-8,12,14H,2,6,9-10H2,1H3,(H,15,16). The third kappa shape index (κ3) is 4.94. The maximum absolute atomic E-state index is 10.7. The summed E-state index contributed by atoms with van der Waals surface area (Å²) in [5.41, 5.74) is 1.19. The largest absolute Gasteiger partial charge is 0.481 e. The molecule has 88 valence electrons. The summed E-state index contributed by atoms with van der Waals surface area (Å²) < 4.78 is 0. The molecule has 0 amide bonds. The number of carboxylic acid groups (broad SMARTS) is 1. The fourth-order valence-corrected chi connectivity index (χ4v) is 1.69. The van der Waals surface area contributed by atoms with Gasteiger partial charge in [-0.15, -0.1) is 0 Å². The lowest BCUT2D eigenvalue weighted by Gasteiger charge is -2.15. The first-order valence-corrected chi connectivity index (χ1v) is 5.71. The zero-order valence-electron chi connectivity index (χ0n) is 9.65. The van der Waals surface area contributed by atoms with Gasteiger partial charge in [-0.1, -0.05) is 43.7 Å². The smallest absolute Gasteiger partial charge is 0.304 e. The van der Waals surface area contributed by atoms with Crippen molar-refractivity contribution in [2.45, 2.75) is 38.8 Å². The van der Waals surface area contributed by atoms with E-state index >= 15 is 0 Å². The van der Waals surface area contributed by atoms with E-state index in [4.69, 9.17) is 5.11 Å². The third-order valence-electron chi connectivity index (χ3n) is 2.50. The lowest BCUT2D eigenvalue weighted by atomic mass is 10.1. The van der Waals surface area contributed by atoms with Crippen LogP contribution in [0.25, 0.3) is 0 Å². The Kier molecular flexibility index (Phi) is 5.57. The predicted octanol–water partition coefficient (Wildman–Crippen LogP) is 2.42. The van der Waals surface area contributed by atoms with E-state index in [0.29, 0.717) is 0 Å². The van der Waals surface area contributed by atoms with Gasteiger partial charge < -0.3 is 10.4 Å². The van der Waals surface area contributed by atoms with E-state index in [0.717, 1.165) is 19.4 Å². The molecule has 0 aromatic heterocycles. The van der Waals surface area contributed by atoms with E-state index in [-0.39, 0.29) is 12.5 Å². The van der Waals surface area contributed by atoms with Crippen molar-refractivity contribution in [1.82, 2.24) is 5.32 Å². The van der Waals surface area contributed by atoms with Crippen molar-refractivity contribution in [2.75, 3.05) is 0 Å². The molecular formula is C13H19NO2. The summed E-state index contributed by atoms with van der Waals surface area (Å²) in [5, 5.41) is 12.1. The molecule has 3 heteroatoms. The van der Waals surface area contributed by atoms with Crippen molar-refractivity contribution in [2.24, 2.45) is 0 Å². The number of hydrogen-bond donors (Lipinski definition) is 2. The minimum Gasteiger partial charge on any atom is -0.481 e. The van der Waals surface area contributed by atoms with Crippen molar-refractivity contribution < 1.29 is 9.90 Å². The van der Waals surface area contributed by atoms with Gasteiger partial charge in [0.2, 0.25) is 0 Å². The lowest BCUT2D eigenvalue weighted by Crippen LogP contribution is -2.30. The highest BCUT2D eigenvalue weighted by Crippen LogP contribution is 2.04. The highest BCUT2D eigenvalue weighted by molar-refractivity contribution is 5.67. The molecule has 0 aliphatic rings. The van der Waals surface area contributed by atoms with Crippen LogP contribution in [0.4, 0.5) is 0 Å². The van der Waals surface area contributed by atoms with Gasteiger partial charge >= 0.3 is 5.97 Å². The molecular weight excluding hydrogens is 202 g/mol. The summed E-state index contributed by atoms with van der Waals surface area (Å²) in [7, 11) is 0. The summed E-state index contributed by atoms with van der Waals surface area (Å²) in [4.78, 5) is 10.7. The quantitative estimate of drug-likeness (QED) is 0.743. The van der Waals surface area contributed by atoms with Gasteiger partial charge in [-0.3, -0.25) is 4.79 Å². The molecule has 0 radical (unpaired) electrons. The number of carboxylic acids is 1. The lowest BCUT2D eigenvalue weighted by molar-refractivity contribution is -0.137. The molecule has 3 nitrogen and oxygen atoms in total. The molecule has 0 spiro atoms. The third-order valence-corrected chi connectivity index (χ3v) is 2.50. The van der Waals surface area contributed by atoms with E-state index in [1.807, 2.05) is 30.3 Å². The summed E-state index contributed by atoms with van der Waals surface area (Å²) in [6, 6.07) is 10.1. The minimum atomic E-state index is -0.737. The number of carbonyl (C=O) groups is 1. The highest BCUT2D eigenvalue weighted by Gasteiger charge is 2.11. The van der Waals surface area contributed by atoms with E-state index in [1.54, 1.807) is 0 Å². The second kappa shape index (κ2) is 7.01. The van der Waals surface area contributed by atoms with Crippen molar-refractivity contribution in [3.63, 3.8) is 0 Å². The Morgan fingerprint density at radius 2 is 2.06 bits per heavy atom. The molecule has 0 saturated carbocycles. The van der Waals surface area contributed by atoms with Crippen molar-refractivity contribution in [1.29, 1.82) is 0 Å². The van der Waals surface area contributed by atoms with Crippen molar-refractivity contribution in [3.8, 4) is 0 Å². The van der Waals surface area contributed by atoms with Crippen molar-refractivity contribution >= 4 is 5.97 Å². The van der Waals surface area contributed by atoms with Gasteiger partial charge in [0.15, 0.2) is 0 Å². The Hall–Kier alpha value is -1.35. The van der Waals surface area contributed by atoms with Crippen LogP contribution in [-0.2, 0) is 11.3 Å². The van der Waals surface area contributed by atoms with Gasteiger partial charge in [0.05, 0.1) is 6.42 Å². The molecule has 1 aromatic carbocycles. The molecule has 0 saturated heterocycles. The monoisotopic (exact) mass is 221 g/mol. The highest BCUT2D eigenvalue weighted by atomic mass is 16.4. The van der Waals surface area contributed by atoms with Crippen LogP contribution in [0.1, 0.15) is 31.7 Å². The van der Waals surface area contributed by atoms with Crippen LogP contribution in [0, 0.1) is 0 Å². The topological polar surface area (TPSA) is 49.3 Å². The zero-order valence-corrected chi connectivity index (χ0v) is 9.65. The average Bonchev–Trinajstić information content (AvgIpc) is 2.27. The Bertz CT molecular complexity index is 311. The maximum Gasteiger partial charge on any atom is 0.304 e. The fraction of sp³-hybridized carbons (Fsp3) is 0.462. The number of nitrogens with one attached hydrogen (secondary N) is 1. The molecule has 16 heavy (non-hydrogen) atoms. The Labute approximate surface area is 96.5 Å². The second-order valence-corrected chi connectivity index (χ2v) is 3.95. The number of hydrogen-bond acceptors (Lipinski definition) is 2. The number of rotatable bonds is 7. The van der Waals surface area contributed by atoms with E-state index < -0.39 is 5.97 Å². The van der Waals surface area contributed by atoms with Gasteiger partial charge in [0.25, 0.3) is 0 Å². The fourth-order valence-electron chi connectivity index (χ4n) is 1.69. The van der Waals surface area contributed by atoms with Crippen LogP contribution in [0.3, 0.4) is 0 Å². The normalized spacial score (nSPS) is 12.3. The van der Waals surface area contributed by atoms with Gasteiger partial charge in [-0.05, 0) is 12.0 Å². The summed E-state index contributed by atoms with van der Waals surface area (Å²) in [6.45, 7) is 2.80. The minimum absolute atomic E-state index is 0.0720. The number of aliphatic carboxylic acids is 1. The summed E-state index contributed by atoms with van der Waals surface area (Å²) in [6.07, 6.45) is 2.10. The molecule has 1 rings (SSSR count). The Morgan fingerprint density at radius 3 is 2.62 bits per heavy atom. The van der Waals surface area contributed by atoms with Gasteiger partial charge in [0.1, 0.15) is 0 Å².